The van der Waals surface area contributed by atoms with Crippen molar-refractivity contribution in [3.63, 3.8) is 0 Å². The third-order valence-electron chi connectivity index (χ3n) is 2.91. The van der Waals surface area contributed by atoms with Crippen LogP contribution < -0.4 is 5.32 Å². The molecule has 0 spiro atoms. The monoisotopic (exact) mass is 240 g/mol. The maximum atomic E-state index is 11.9. The van der Waals surface area contributed by atoms with Gasteiger partial charge in [0.2, 0.25) is 0 Å². The summed E-state index contributed by atoms with van der Waals surface area (Å²) in [5.41, 5.74) is 0. The van der Waals surface area contributed by atoms with Crippen LogP contribution in [0.3, 0.4) is 0 Å². The quantitative estimate of drug-likeness (QED) is 0.662. The minimum absolute atomic E-state index is 0.00203. The Hall–Kier alpha value is -1.52. The van der Waals surface area contributed by atoms with Gasteiger partial charge in [-0.1, -0.05) is 6.08 Å². The Kier molecular flexibility index (Phi) is 5.00. The van der Waals surface area contributed by atoms with Crippen LogP contribution in [0.2, 0.25) is 0 Å². The number of carboxylic acids is 1. The van der Waals surface area contributed by atoms with Gasteiger partial charge in [-0.3, -0.25) is 4.79 Å². The summed E-state index contributed by atoms with van der Waals surface area (Å²) in [5.74, 6) is -0.536. The Morgan fingerprint density at radius 1 is 1.59 bits per heavy atom. The second kappa shape index (κ2) is 6.27. The van der Waals surface area contributed by atoms with Crippen molar-refractivity contribution < 1.29 is 14.7 Å². The van der Waals surface area contributed by atoms with Gasteiger partial charge in [0.25, 0.3) is 0 Å². The van der Waals surface area contributed by atoms with Crippen LogP contribution in [0, 0.1) is 5.92 Å². The largest absolute Gasteiger partial charge is 0.481 e. The number of nitrogens with one attached hydrogen (secondary N) is 1. The first-order valence-electron chi connectivity index (χ1n) is 5.96. The molecule has 96 valence electrons. The molecule has 0 heterocycles. The van der Waals surface area contributed by atoms with Gasteiger partial charge in [-0.15, -0.1) is 6.58 Å². The van der Waals surface area contributed by atoms with Gasteiger partial charge in [-0.2, -0.15) is 0 Å². The lowest BCUT2D eigenvalue weighted by Gasteiger charge is -2.23. The smallest absolute Gasteiger partial charge is 0.317 e. The van der Waals surface area contributed by atoms with Crippen LogP contribution in [-0.2, 0) is 4.79 Å². The number of nitrogens with zero attached hydrogens (tertiary/aromatic N) is 1. The van der Waals surface area contributed by atoms with E-state index in [1.165, 1.54) is 0 Å². The van der Waals surface area contributed by atoms with Crippen molar-refractivity contribution in [1.29, 1.82) is 0 Å². The molecule has 2 N–H and O–H groups in total. The van der Waals surface area contributed by atoms with Crippen LogP contribution in [0.4, 0.5) is 4.79 Å². The molecule has 0 bridgehead atoms. The highest BCUT2D eigenvalue weighted by Crippen LogP contribution is 2.34. The summed E-state index contributed by atoms with van der Waals surface area (Å²) >= 11 is 0. The Morgan fingerprint density at radius 3 is 2.65 bits per heavy atom. The van der Waals surface area contributed by atoms with Crippen LogP contribution in [0.15, 0.2) is 12.7 Å². The van der Waals surface area contributed by atoms with E-state index in [0.717, 1.165) is 12.8 Å². The van der Waals surface area contributed by atoms with Gasteiger partial charge < -0.3 is 15.3 Å². The van der Waals surface area contributed by atoms with Crippen LogP contribution >= 0.6 is 0 Å². The lowest BCUT2D eigenvalue weighted by atomic mass is 10.1. The van der Waals surface area contributed by atoms with Gasteiger partial charge in [0.1, 0.15) is 0 Å². The fourth-order valence-electron chi connectivity index (χ4n) is 1.78. The number of carboxylic acid groups (broad SMARTS) is 1. The number of carbonyl (C=O) groups is 2. The Morgan fingerprint density at radius 2 is 2.24 bits per heavy atom. The van der Waals surface area contributed by atoms with Crippen molar-refractivity contribution in [1.82, 2.24) is 10.2 Å². The number of likely N-dealkylation sites (N-methyl/N-ethyl adjacent to an activating group) is 1. The van der Waals surface area contributed by atoms with E-state index in [9.17, 15) is 9.59 Å². The highest BCUT2D eigenvalue weighted by molar-refractivity contribution is 5.76. The molecule has 1 aliphatic carbocycles. The van der Waals surface area contributed by atoms with E-state index in [1.807, 2.05) is 6.92 Å². The Labute approximate surface area is 101 Å². The zero-order chi connectivity index (χ0) is 12.8. The lowest BCUT2D eigenvalue weighted by Crippen LogP contribution is -2.46. The van der Waals surface area contributed by atoms with Gasteiger partial charge in [-0.25, -0.2) is 4.79 Å². The molecule has 0 saturated heterocycles. The third-order valence-corrected chi connectivity index (χ3v) is 2.91. The zero-order valence-corrected chi connectivity index (χ0v) is 10.2. The fourth-order valence-corrected chi connectivity index (χ4v) is 1.78. The molecular formula is C12H20N2O3. The zero-order valence-electron chi connectivity index (χ0n) is 10.2. The van der Waals surface area contributed by atoms with E-state index in [-0.39, 0.29) is 18.5 Å². The SMILES string of the molecule is C=CCN(CC)C(=O)NC(CC(=O)O)C1CC1. The highest BCUT2D eigenvalue weighted by atomic mass is 16.4. The number of hydrogen-bond acceptors (Lipinski definition) is 2. The van der Waals surface area contributed by atoms with Crippen LogP contribution in [0.1, 0.15) is 26.2 Å². The van der Waals surface area contributed by atoms with E-state index in [4.69, 9.17) is 5.11 Å². The molecule has 1 atom stereocenters. The minimum atomic E-state index is -0.867. The van der Waals surface area contributed by atoms with Gasteiger partial charge in [0, 0.05) is 19.1 Å². The summed E-state index contributed by atoms with van der Waals surface area (Å²) < 4.78 is 0. The molecule has 1 fully saturated rings. The van der Waals surface area contributed by atoms with Crippen molar-refractivity contribution >= 4 is 12.0 Å². The van der Waals surface area contributed by atoms with Crippen molar-refractivity contribution in [3.8, 4) is 0 Å². The van der Waals surface area contributed by atoms with Gasteiger partial charge in [0.05, 0.1) is 6.42 Å². The predicted molar refractivity (Wildman–Crippen MR) is 64.7 cm³/mol. The molecule has 5 heteroatoms. The first kappa shape index (κ1) is 13.5. The molecular weight excluding hydrogens is 220 g/mol. The number of carbonyl (C=O) groups excluding carboxylic acids is 1. The molecule has 1 rings (SSSR count). The van der Waals surface area contributed by atoms with E-state index in [2.05, 4.69) is 11.9 Å². The molecule has 0 aromatic heterocycles. The van der Waals surface area contributed by atoms with E-state index >= 15 is 0 Å². The average molecular weight is 240 g/mol. The summed E-state index contributed by atoms with van der Waals surface area (Å²) in [5, 5.41) is 11.6. The third kappa shape index (κ3) is 4.46. The van der Waals surface area contributed by atoms with Crippen molar-refractivity contribution in [2.75, 3.05) is 13.1 Å². The standard InChI is InChI=1S/C12H20N2O3/c1-3-7-14(4-2)12(17)13-10(8-11(15)16)9-5-6-9/h3,9-10H,1,4-8H2,2H3,(H,13,17)(H,15,16). The second-order valence-electron chi connectivity index (χ2n) is 4.32. The highest BCUT2D eigenvalue weighted by Gasteiger charge is 2.34. The molecule has 1 aliphatic rings. The molecule has 1 saturated carbocycles. The fraction of sp³-hybridized carbons (Fsp3) is 0.667. The Bertz CT molecular complexity index is 300. The summed E-state index contributed by atoms with van der Waals surface area (Å²) in [6.07, 6.45) is 3.67. The molecule has 0 aromatic carbocycles. The molecule has 0 radical (unpaired) electrons. The van der Waals surface area contributed by atoms with Crippen LogP contribution in [0.25, 0.3) is 0 Å². The molecule has 2 amide bonds. The summed E-state index contributed by atoms with van der Waals surface area (Å²) in [6.45, 7) is 6.54. The number of hydrogen-bond donors (Lipinski definition) is 2. The van der Waals surface area contributed by atoms with Crippen molar-refractivity contribution in [2.24, 2.45) is 5.92 Å². The minimum Gasteiger partial charge on any atom is -0.481 e. The van der Waals surface area contributed by atoms with E-state index in [1.54, 1.807) is 11.0 Å². The maximum absolute atomic E-state index is 11.9. The number of rotatable bonds is 7. The van der Waals surface area contributed by atoms with Gasteiger partial charge in [0.15, 0.2) is 0 Å². The van der Waals surface area contributed by atoms with E-state index < -0.39 is 5.97 Å². The summed E-state index contributed by atoms with van der Waals surface area (Å²) in [6, 6.07) is -0.440. The predicted octanol–water partition coefficient (Wildman–Crippen LogP) is 1.46. The average Bonchev–Trinajstić information content (AvgIpc) is 3.07. The molecule has 5 nitrogen and oxygen atoms in total. The first-order valence-corrected chi connectivity index (χ1v) is 5.96. The number of aliphatic carboxylic acids is 1. The second-order valence-corrected chi connectivity index (χ2v) is 4.32. The molecule has 0 aromatic rings. The van der Waals surface area contributed by atoms with Crippen molar-refractivity contribution in [2.45, 2.75) is 32.2 Å². The summed E-state index contributed by atoms with van der Waals surface area (Å²) in [4.78, 5) is 24.2. The normalized spacial score (nSPS) is 16.1. The molecule has 0 aliphatic heterocycles. The van der Waals surface area contributed by atoms with Crippen LogP contribution in [0.5, 0.6) is 0 Å². The lowest BCUT2D eigenvalue weighted by molar-refractivity contribution is -0.137. The topological polar surface area (TPSA) is 69.6 Å². The first-order chi connectivity index (χ1) is 8.08. The number of urea groups is 1. The van der Waals surface area contributed by atoms with Crippen LogP contribution in [-0.4, -0.2) is 41.1 Å². The summed E-state index contributed by atoms with van der Waals surface area (Å²) in [7, 11) is 0. The van der Waals surface area contributed by atoms with E-state index in [0.29, 0.717) is 19.0 Å². The number of amides is 2. The molecule has 17 heavy (non-hydrogen) atoms. The molecule has 1 unspecified atom stereocenters. The maximum Gasteiger partial charge on any atom is 0.317 e. The van der Waals surface area contributed by atoms with Gasteiger partial charge >= 0.3 is 12.0 Å². The van der Waals surface area contributed by atoms with Gasteiger partial charge in [-0.05, 0) is 25.7 Å². The van der Waals surface area contributed by atoms with Crippen molar-refractivity contribution in [3.05, 3.63) is 12.7 Å². The Balaban J connectivity index is 2.50.